The fraction of sp³-hybridized carbons (Fsp3) is 0.0833. The zero-order valence-corrected chi connectivity index (χ0v) is 51.9. The molecular weight excluding hydrogens is 1250 g/mol. The van der Waals surface area contributed by atoms with E-state index >= 15 is 0 Å². The van der Waals surface area contributed by atoms with E-state index in [1.807, 2.05) is 36.4 Å². The van der Waals surface area contributed by atoms with Crippen LogP contribution < -0.4 is 23.7 Å². The number of phenolic OH excluding ortho intramolecular Hbond substituents is 2. The lowest BCUT2D eigenvalue weighted by atomic mass is 9.96. The molecule has 10 bridgehead atoms. The minimum atomic E-state index is -4.20. The summed E-state index contributed by atoms with van der Waals surface area (Å²) in [7, 11) is -16.4. The molecule has 3 unspecified atom stereocenters. The molecule has 1 spiro atoms. The van der Waals surface area contributed by atoms with Crippen molar-refractivity contribution in [3.63, 3.8) is 0 Å². The van der Waals surface area contributed by atoms with Crippen LogP contribution in [0.4, 0.5) is 0 Å². The summed E-state index contributed by atoms with van der Waals surface area (Å²) in [6, 6.07) is 65.9. The van der Waals surface area contributed by atoms with Crippen LogP contribution in [0.2, 0.25) is 0 Å². The molecule has 0 aliphatic carbocycles. The van der Waals surface area contributed by atoms with Crippen molar-refractivity contribution in [1.29, 1.82) is 0 Å². The highest BCUT2D eigenvalue weighted by Crippen LogP contribution is 2.43. The van der Waals surface area contributed by atoms with Crippen LogP contribution in [0.5, 0.6) is 40.2 Å². The molecule has 0 fully saturated rings. The molecule has 11 aromatic carbocycles. The van der Waals surface area contributed by atoms with E-state index in [0.29, 0.717) is 50.4 Å². The molecular formula is C72H54O16S4. The number of sulfone groups is 4. The lowest BCUT2D eigenvalue weighted by Crippen LogP contribution is -2.43. The van der Waals surface area contributed by atoms with Gasteiger partial charge in [-0.1, -0.05) is 78.9 Å². The Balaban J connectivity index is 0.942. The van der Waals surface area contributed by atoms with Crippen molar-refractivity contribution in [1.82, 2.24) is 0 Å². The van der Waals surface area contributed by atoms with Crippen molar-refractivity contribution in [2.45, 2.75) is 77.5 Å². The number of fused-ring (bicyclic) bond motifs is 4. The van der Waals surface area contributed by atoms with Gasteiger partial charge in [-0.15, -0.1) is 0 Å². The molecule has 92 heavy (non-hydrogen) atoms. The third-order valence-corrected chi connectivity index (χ3v) is 23.1. The van der Waals surface area contributed by atoms with Crippen LogP contribution in [-0.2, 0) is 63.3 Å². The second-order valence-electron chi connectivity index (χ2n) is 21.7. The first-order valence-corrected chi connectivity index (χ1v) is 34.6. The smallest absolute Gasteiger partial charge is 0.402 e. The second kappa shape index (κ2) is 24.2. The van der Waals surface area contributed by atoms with Gasteiger partial charge in [0, 0.05) is 16.7 Å². The maximum atomic E-state index is 14.5. The van der Waals surface area contributed by atoms with Crippen LogP contribution in [0.3, 0.4) is 0 Å². The van der Waals surface area contributed by atoms with E-state index in [1.54, 1.807) is 61.5 Å². The summed E-state index contributed by atoms with van der Waals surface area (Å²) in [5, 5.41) is 19.8. The molecule has 6 heterocycles. The van der Waals surface area contributed by atoms with Crippen molar-refractivity contribution < 1.29 is 72.3 Å². The number of benzene rings is 11. The molecule has 11 aromatic rings. The van der Waals surface area contributed by atoms with Gasteiger partial charge in [-0.25, -0.2) is 33.7 Å². The summed E-state index contributed by atoms with van der Waals surface area (Å²) in [6.45, 7) is 1.43. The summed E-state index contributed by atoms with van der Waals surface area (Å²) in [5.41, 5.74) is 4.12. The Morgan fingerprint density at radius 3 is 1.13 bits per heavy atom. The van der Waals surface area contributed by atoms with Gasteiger partial charge in [0.15, 0.2) is 0 Å². The molecule has 3 atom stereocenters. The van der Waals surface area contributed by atoms with Crippen LogP contribution >= 0.6 is 0 Å². The molecule has 462 valence electrons. The summed E-state index contributed by atoms with van der Waals surface area (Å²) in [5.74, 6) is -1.41. The standard InChI is InChI=1S/C72H54O16S4/c1-47-68-11-6-12-69(47)83-45-50-7-2-4-9-66(50)70(48-13-29-58(30-14-48)89(75,76)60-33-17-52(73)18-34-60)85-54-21-37-62(38-22-54)91(79,80)64-41-25-56(26-42-64)87-72(68)84-46-51-8-3-5-10-67(51)71(49-15-31-59(32-16-49)90(77,78)61-35-19-53(74)20-36-61)86-55-23-39-63(40-24-55)92(81,82)65-43-27-57(88-72)28-44-65/h2-44,70-71,73-74H,45-46H2,1H3. The lowest BCUT2D eigenvalue weighted by molar-refractivity contribution is -0.320. The van der Waals surface area contributed by atoms with Crippen LogP contribution in [-0.4, -0.2) is 43.9 Å². The van der Waals surface area contributed by atoms with Gasteiger partial charge in [0.25, 0.3) is 0 Å². The zero-order chi connectivity index (χ0) is 64.0. The highest BCUT2D eigenvalue weighted by molar-refractivity contribution is 7.92. The minimum absolute atomic E-state index is 0.00413. The molecule has 6 aliphatic heterocycles. The number of ether oxygens (including phenoxy) is 6. The molecule has 2 N–H and O–H groups in total. The normalized spacial score (nSPS) is 17.7. The van der Waals surface area contributed by atoms with Gasteiger partial charge in [0.1, 0.15) is 59.1 Å². The Morgan fingerprint density at radius 2 is 0.739 bits per heavy atom. The van der Waals surface area contributed by atoms with Crippen molar-refractivity contribution in [3.8, 4) is 40.2 Å². The molecule has 6 aliphatic rings. The Morgan fingerprint density at radius 1 is 0.391 bits per heavy atom. The first-order chi connectivity index (χ1) is 44.2. The van der Waals surface area contributed by atoms with Gasteiger partial charge < -0.3 is 33.9 Å². The van der Waals surface area contributed by atoms with E-state index in [-0.39, 0.29) is 86.7 Å². The number of hydrogen-bond acceptors (Lipinski definition) is 16. The fourth-order valence-corrected chi connectivity index (χ4v) is 16.0. The van der Waals surface area contributed by atoms with Crippen LogP contribution in [0.15, 0.2) is 300 Å². The van der Waals surface area contributed by atoms with Crippen LogP contribution in [0.1, 0.15) is 56.7 Å². The molecule has 0 aromatic heterocycles. The number of rotatable bonds is 6. The quantitative estimate of drug-likeness (QED) is 0.158. The lowest BCUT2D eigenvalue weighted by Gasteiger charge is -2.36. The third kappa shape index (κ3) is 11.8. The van der Waals surface area contributed by atoms with Gasteiger partial charge >= 0.3 is 5.97 Å². The summed E-state index contributed by atoms with van der Waals surface area (Å²) in [4.78, 5) is -0.308. The molecule has 0 saturated heterocycles. The Labute approximate surface area is 531 Å². The number of aromatic hydroxyl groups is 2. The number of phenols is 2. The fourth-order valence-electron chi connectivity index (χ4n) is 11.0. The van der Waals surface area contributed by atoms with E-state index in [1.165, 1.54) is 170 Å². The van der Waals surface area contributed by atoms with Crippen molar-refractivity contribution in [2.24, 2.45) is 0 Å². The molecule has 20 heteroatoms. The van der Waals surface area contributed by atoms with Crippen molar-refractivity contribution in [3.05, 3.63) is 305 Å². The summed E-state index contributed by atoms with van der Waals surface area (Å²) >= 11 is 0. The molecule has 0 saturated carbocycles. The molecule has 0 amide bonds. The Kier molecular flexibility index (Phi) is 16.0. The molecule has 16 nitrogen and oxygen atoms in total. The average molecular weight is 1300 g/mol. The van der Waals surface area contributed by atoms with Crippen molar-refractivity contribution >= 4 is 39.3 Å². The van der Waals surface area contributed by atoms with Gasteiger partial charge in [-0.2, -0.15) is 0 Å². The largest absolute Gasteiger partial charge is 0.508 e. The first-order valence-electron chi connectivity index (χ1n) is 28.7. The van der Waals surface area contributed by atoms with E-state index in [0.717, 1.165) is 0 Å². The Bertz CT molecular complexity index is 5030. The molecule has 0 radical (unpaired) electrons. The van der Waals surface area contributed by atoms with Gasteiger partial charge in [0.05, 0.1) is 51.3 Å². The van der Waals surface area contributed by atoms with E-state index in [9.17, 15) is 43.9 Å². The summed E-state index contributed by atoms with van der Waals surface area (Å²) in [6.07, 6.45) is -1.92. The average Bonchev–Trinajstić information content (AvgIpc) is 0.956. The third-order valence-electron chi connectivity index (χ3n) is 15.9. The SMILES string of the molecule is Cc1c2cccc1C1(OCc3ccccc3C(c3ccc(S(=O)(=O)c4ccc(O)cc4)cc3)Oc3ccc(cc3)S(=O)(=O)c3ccc(cc3)O1)Oc1ccc(cc1)S(=O)(=O)c1ccc(cc1)OC(c1ccc(S(=O)(=O)c3ccc(O)cc3)cc1)c1ccccc1CO2. The van der Waals surface area contributed by atoms with Crippen molar-refractivity contribution in [2.75, 3.05) is 0 Å². The maximum Gasteiger partial charge on any atom is 0.402 e. The predicted molar refractivity (Wildman–Crippen MR) is 338 cm³/mol. The summed E-state index contributed by atoms with van der Waals surface area (Å²) < 4.78 is 155. The van der Waals surface area contributed by atoms with Gasteiger partial charge in [-0.3, -0.25) is 4.74 Å². The minimum Gasteiger partial charge on any atom is -0.508 e. The second-order valence-corrected chi connectivity index (χ2v) is 29.5. The van der Waals surface area contributed by atoms with E-state index in [2.05, 4.69) is 0 Å². The van der Waals surface area contributed by atoms with Gasteiger partial charge in [-0.05, 0) is 211 Å². The predicted octanol–water partition coefficient (Wildman–Crippen LogP) is 13.8. The highest BCUT2D eigenvalue weighted by atomic mass is 32.2. The zero-order valence-electron chi connectivity index (χ0n) is 48.6. The van der Waals surface area contributed by atoms with Crippen LogP contribution in [0.25, 0.3) is 0 Å². The molecule has 17 rings (SSSR count). The maximum absolute atomic E-state index is 14.5. The highest BCUT2D eigenvalue weighted by Gasteiger charge is 2.43. The van der Waals surface area contributed by atoms with E-state index < -0.39 is 57.5 Å². The van der Waals surface area contributed by atoms with Crippen LogP contribution in [0, 0.1) is 6.92 Å². The topological polar surface area (TPSA) is 232 Å². The van der Waals surface area contributed by atoms with Gasteiger partial charge in [0.2, 0.25) is 39.3 Å². The van der Waals surface area contributed by atoms with E-state index in [4.69, 9.17) is 28.4 Å². The Hall–Kier alpha value is -10.2. The monoisotopic (exact) mass is 1300 g/mol. The number of hydrogen-bond donors (Lipinski definition) is 2. The first kappa shape index (κ1) is 60.7.